The highest BCUT2D eigenvalue weighted by Crippen LogP contribution is 2.47. The van der Waals surface area contributed by atoms with Crippen LogP contribution in [0.15, 0.2) is 40.8 Å². The first kappa shape index (κ1) is 13.7. The zero-order chi connectivity index (χ0) is 14.8. The molecular formula is C17H19NO3. The van der Waals surface area contributed by atoms with E-state index in [-0.39, 0.29) is 5.97 Å². The number of carbonyl (C=O) groups is 1. The molecule has 4 heteroatoms. The predicted molar refractivity (Wildman–Crippen MR) is 80.3 cm³/mol. The van der Waals surface area contributed by atoms with Crippen molar-refractivity contribution in [2.45, 2.75) is 25.8 Å². The summed E-state index contributed by atoms with van der Waals surface area (Å²) in [7, 11) is 1.38. The number of furan rings is 1. The lowest BCUT2D eigenvalue weighted by Crippen LogP contribution is -2.03. The molecule has 1 aliphatic carbocycles. The minimum atomic E-state index is -0.332. The van der Waals surface area contributed by atoms with Gasteiger partial charge in [0.1, 0.15) is 11.5 Å². The van der Waals surface area contributed by atoms with Gasteiger partial charge in [0.2, 0.25) is 0 Å². The van der Waals surface area contributed by atoms with Crippen LogP contribution in [0.3, 0.4) is 0 Å². The fourth-order valence-corrected chi connectivity index (χ4v) is 2.47. The summed E-state index contributed by atoms with van der Waals surface area (Å²) in [6.07, 6.45) is 1.22. The number of esters is 1. The Morgan fingerprint density at radius 2 is 2.19 bits per heavy atom. The van der Waals surface area contributed by atoms with E-state index >= 15 is 0 Å². The van der Waals surface area contributed by atoms with Crippen molar-refractivity contribution >= 4 is 11.7 Å². The van der Waals surface area contributed by atoms with E-state index in [2.05, 4.69) is 18.3 Å². The van der Waals surface area contributed by atoms with Gasteiger partial charge in [0.15, 0.2) is 0 Å². The number of ether oxygens (including phenoxy) is 1. The smallest absolute Gasteiger partial charge is 0.337 e. The standard InChI is InChI=1S/C17H19NO3/c1-11-8-15(11)16-7-6-14(21-16)10-18-13-5-3-4-12(9-13)17(19)20-2/h3-7,9,11,15,18H,8,10H2,1-2H3. The van der Waals surface area contributed by atoms with Crippen LogP contribution in [-0.4, -0.2) is 13.1 Å². The number of carbonyl (C=O) groups excluding carboxylic acids is 1. The van der Waals surface area contributed by atoms with Crippen LogP contribution < -0.4 is 5.32 Å². The number of methoxy groups -OCH3 is 1. The summed E-state index contributed by atoms with van der Waals surface area (Å²) in [5.41, 5.74) is 1.41. The summed E-state index contributed by atoms with van der Waals surface area (Å²) >= 11 is 0. The summed E-state index contributed by atoms with van der Waals surface area (Å²) < 4.78 is 10.6. The zero-order valence-corrected chi connectivity index (χ0v) is 12.3. The molecule has 1 aliphatic rings. The average molecular weight is 285 g/mol. The molecule has 0 radical (unpaired) electrons. The van der Waals surface area contributed by atoms with E-state index in [1.807, 2.05) is 18.2 Å². The van der Waals surface area contributed by atoms with Crippen LogP contribution in [0.1, 0.15) is 41.1 Å². The first-order chi connectivity index (χ1) is 10.2. The molecule has 2 aromatic rings. The number of rotatable bonds is 5. The minimum Gasteiger partial charge on any atom is -0.465 e. The first-order valence-electron chi connectivity index (χ1n) is 7.18. The monoisotopic (exact) mass is 285 g/mol. The van der Waals surface area contributed by atoms with Gasteiger partial charge in [-0.2, -0.15) is 0 Å². The van der Waals surface area contributed by atoms with Crippen LogP contribution in [0.5, 0.6) is 0 Å². The van der Waals surface area contributed by atoms with Gasteiger partial charge in [0.05, 0.1) is 19.2 Å². The van der Waals surface area contributed by atoms with Crippen LogP contribution in [-0.2, 0) is 11.3 Å². The Labute approximate surface area is 124 Å². The molecule has 1 saturated carbocycles. The van der Waals surface area contributed by atoms with E-state index in [1.54, 1.807) is 12.1 Å². The molecule has 0 amide bonds. The van der Waals surface area contributed by atoms with Gasteiger partial charge in [-0.1, -0.05) is 13.0 Å². The van der Waals surface area contributed by atoms with Crippen LogP contribution in [0.4, 0.5) is 5.69 Å². The van der Waals surface area contributed by atoms with E-state index in [0.29, 0.717) is 18.0 Å². The molecule has 0 aliphatic heterocycles. The molecule has 0 bridgehead atoms. The quantitative estimate of drug-likeness (QED) is 0.849. The van der Waals surface area contributed by atoms with Crippen molar-refractivity contribution in [3.05, 3.63) is 53.5 Å². The molecule has 2 atom stereocenters. The normalized spacial score (nSPS) is 20.1. The summed E-state index contributed by atoms with van der Waals surface area (Å²) in [6, 6.07) is 11.3. The summed E-state index contributed by atoms with van der Waals surface area (Å²) in [5, 5.41) is 3.26. The Hall–Kier alpha value is -2.23. The summed E-state index contributed by atoms with van der Waals surface area (Å²) in [5.74, 6) is 3.01. The third-order valence-electron chi connectivity index (χ3n) is 3.91. The number of benzene rings is 1. The van der Waals surface area contributed by atoms with Crippen molar-refractivity contribution in [2.24, 2.45) is 5.92 Å². The van der Waals surface area contributed by atoms with Crippen LogP contribution >= 0.6 is 0 Å². The SMILES string of the molecule is COC(=O)c1cccc(NCc2ccc(C3CC3C)o2)c1. The molecule has 1 aromatic heterocycles. The van der Waals surface area contributed by atoms with E-state index in [1.165, 1.54) is 13.5 Å². The Morgan fingerprint density at radius 1 is 1.38 bits per heavy atom. The maximum absolute atomic E-state index is 11.5. The fourth-order valence-electron chi connectivity index (χ4n) is 2.47. The molecule has 1 N–H and O–H groups in total. The topological polar surface area (TPSA) is 51.5 Å². The maximum Gasteiger partial charge on any atom is 0.337 e. The molecule has 0 saturated heterocycles. The molecule has 21 heavy (non-hydrogen) atoms. The van der Waals surface area contributed by atoms with E-state index in [9.17, 15) is 4.79 Å². The maximum atomic E-state index is 11.5. The van der Waals surface area contributed by atoms with E-state index < -0.39 is 0 Å². The number of anilines is 1. The van der Waals surface area contributed by atoms with Gasteiger partial charge in [0, 0.05) is 11.6 Å². The second-order valence-electron chi connectivity index (χ2n) is 5.55. The largest absolute Gasteiger partial charge is 0.465 e. The summed E-state index contributed by atoms with van der Waals surface area (Å²) in [4.78, 5) is 11.5. The lowest BCUT2D eigenvalue weighted by Gasteiger charge is -2.06. The van der Waals surface area contributed by atoms with Crippen LogP contribution in [0.2, 0.25) is 0 Å². The van der Waals surface area contributed by atoms with Gasteiger partial charge in [-0.25, -0.2) is 4.79 Å². The first-order valence-corrected chi connectivity index (χ1v) is 7.18. The fraction of sp³-hybridized carbons (Fsp3) is 0.353. The third-order valence-corrected chi connectivity index (χ3v) is 3.91. The number of hydrogen-bond acceptors (Lipinski definition) is 4. The van der Waals surface area contributed by atoms with Gasteiger partial charge in [0.25, 0.3) is 0 Å². The van der Waals surface area contributed by atoms with Crippen molar-refractivity contribution in [1.82, 2.24) is 0 Å². The Kier molecular flexibility index (Phi) is 3.69. The highest BCUT2D eigenvalue weighted by molar-refractivity contribution is 5.90. The van der Waals surface area contributed by atoms with Gasteiger partial charge < -0.3 is 14.5 Å². The highest BCUT2D eigenvalue weighted by atomic mass is 16.5. The summed E-state index contributed by atoms with van der Waals surface area (Å²) in [6.45, 7) is 2.84. The van der Waals surface area contributed by atoms with Crippen molar-refractivity contribution < 1.29 is 13.9 Å². The van der Waals surface area contributed by atoms with Crippen molar-refractivity contribution in [3.8, 4) is 0 Å². The highest BCUT2D eigenvalue weighted by Gasteiger charge is 2.36. The van der Waals surface area contributed by atoms with E-state index in [0.717, 1.165) is 23.1 Å². The second-order valence-corrected chi connectivity index (χ2v) is 5.55. The molecule has 110 valence electrons. The van der Waals surface area contributed by atoms with Crippen molar-refractivity contribution in [2.75, 3.05) is 12.4 Å². The van der Waals surface area contributed by atoms with Crippen molar-refractivity contribution in [1.29, 1.82) is 0 Å². The van der Waals surface area contributed by atoms with Crippen LogP contribution in [0, 0.1) is 5.92 Å². The number of nitrogens with one attached hydrogen (secondary N) is 1. The molecule has 1 heterocycles. The average Bonchev–Trinajstić information content (AvgIpc) is 3.06. The molecule has 1 aromatic carbocycles. The molecule has 3 rings (SSSR count). The third kappa shape index (κ3) is 3.10. The Balaban J connectivity index is 1.62. The van der Waals surface area contributed by atoms with Gasteiger partial charge in [-0.15, -0.1) is 0 Å². The van der Waals surface area contributed by atoms with Crippen LogP contribution in [0.25, 0.3) is 0 Å². The second kappa shape index (κ2) is 5.64. The van der Waals surface area contributed by atoms with Crippen molar-refractivity contribution in [3.63, 3.8) is 0 Å². The lowest BCUT2D eigenvalue weighted by atomic mass is 10.2. The minimum absolute atomic E-state index is 0.332. The number of hydrogen-bond donors (Lipinski definition) is 1. The van der Waals surface area contributed by atoms with Gasteiger partial charge >= 0.3 is 5.97 Å². The molecule has 0 spiro atoms. The molecule has 1 fully saturated rings. The zero-order valence-electron chi connectivity index (χ0n) is 12.3. The Bertz CT molecular complexity index is 647. The van der Waals surface area contributed by atoms with E-state index in [4.69, 9.17) is 9.15 Å². The van der Waals surface area contributed by atoms with Gasteiger partial charge in [-0.3, -0.25) is 0 Å². The lowest BCUT2D eigenvalue weighted by molar-refractivity contribution is 0.0601. The predicted octanol–water partition coefficient (Wildman–Crippen LogP) is 3.80. The molecular weight excluding hydrogens is 266 g/mol. The molecule has 4 nitrogen and oxygen atoms in total. The molecule has 2 unspecified atom stereocenters. The Morgan fingerprint density at radius 3 is 2.90 bits per heavy atom. The van der Waals surface area contributed by atoms with Gasteiger partial charge in [-0.05, 0) is 42.7 Å².